The van der Waals surface area contributed by atoms with Crippen molar-refractivity contribution in [3.63, 3.8) is 0 Å². The number of aliphatic hydroxyl groups is 7. The van der Waals surface area contributed by atoms with Gasteiger partial charge >= 0.3 is 5.97 Å². The van der Waals surface area contributed by atoms with E-state index in [1.807, 2.05) is 0 Å². The number of rotatable bonds is 9. The molecule has 0 saturated carbocycles. The molecule has 0 aliphatic carbocycles. The molecule has 2 aliphatic rings. The maximum absolute atomic E-state index is 12.3. The van der Waals surface area contributed by atoms with Gasteiger partial charge in [0.15, 0.2) is 11.5 Å². The van der Waals surface area contributed by atoms with E-state index in [0.717, 1.165) is 6.08 Å². The summed E-state index contributed by atoms with van der Waals surface area (Å²) in [6.45, 7) is -1.17. The number of esters is 1. The SMILES string of the molecule is O=C(/C=C/c1ccc(O[C@@H]2O[C@H](CO)[C@@H](O)[C@H](O)[C@H]2O)c(O)c1)OC[C@H]1O[C@@H](Oc2ccc(O)cc2)[C@H](O)[C@@H](O)[C@@H]1O. The molecule has 2 aliphatic heterocycles. The molecule has 230 valence electrons. The number of phenolic OH excluding ortho intramolecular Hbond substituents is 2. The topological polar surface area (TPSA) is 245 Å². The molecule has 2 heterocycles. The van der Waals surface area contributed by atoms with Crippen molar-refractivity contribution in [2.75, 3.05) is 13.2 Å². The number of phenols is 2. The predicted molar refractivity (Wildman–Crippen MR) is 138 cm³/mol. The minimum atomic E-state index is -1.68. The lowest BCUT2D eigenvalue weighted by molar-refractivity contribution is -0.278. The van der Waals surface area contributed by atoms with E-state index in [0.29, 0.717) is 5.56 Å². The Morgan fingerprint density at radius 1 is 0.762 bits per heavy atom. The van der Waals surface area contributed by atoms with Crippen molar-refractivity contribution in [1.29, 1.82) is 0 Å². The Morgan fingerprint density at radius 2 is 1.36 bits per heavy atom. The summed E-state index contributed by atoms with van der Waals surface area (Å²) in [6, 6.07) is 9.39. The van der Waals surface area contributed by atoms with E-state index < -0.39 is 86.3 Å². The molecule has 0 aromatic heterocycles. The van der Waals surface area contributed by atoms with Crippen LogP contribution in [0.25, 0.3) is 6.08 Å². The van der Waals surface area contributed by atoms with Crippen LogP contribution >= 0.6 is 0 Å². The fraction of sp³-hybridized carbons (Fsp3) is 0.444. The highest BCUT2D eigenvalue weighted by atomic mass is 16.7. The van der Waals surface area contributed by atoms with Crippen LogP contribution in [-0.4, -0.2) is 127 Å². The molecular formula is C27H32O15. The van der Waals surface area contributed by atoms with Gasteiger partial charge in [-0.05, 0) is 48.0 Å². The van der Waals surface area contributed by atoms with Gasteiger partial charge in [-0.1, -0.05) is 6.07 Å². The normalized spacial score (nSPS) is 33.3. The van der Waals surface area contributed by atoms with E-state index in [1.165, 1.54) is 48.5 Å². The summed E-state index contributed by atoms with van der Waals surface area (Å²) >= 11 is 0. The van der Waals surface area contributed by atoms with Gasteiger partial charge in [0.25, 0.3) is 0 Å². The molecule has 0 amide bonds. The molecule has 2 saturated heterocycles. The highest BCUT2D eigenvalue weighted by molar-refractivity contribution is 5.87. The fourth-order valence-corrected chi connectivity index (χ4v) is 4.21. The van der Waals surface area contributed by atoms with Crippen LogP contribution in [0, 0.1) is 0 Å². The van der Waals surface area contributed by atoms with Gasteiger partial charge in [-0.15, -0.1) is 0 Å². The van der Waals surface area contributed by atoms with Gasteiger partial charge in [0, 0.05) is 6.08 Å². The molecular weight excluding hydrogens is 564 g/mol. The van der Waals surface area contributed by atoms with Crippen LogP contribution in [0.2, 0.25) is 0 Å². The zero-order chi connectivity index (χ0) is 30.6. The highest BCUT2D eigenvalue weighted by Gasteiger charge is 2.46. The molecule has 0 radical (unpaired) electrons. The first-order valence-corrected chi connectivity index (χ1v) is 12.8. The van der Waals surface area contributed by atoms with Crippen LogP contribution in [0.1, 0.15) is 5.56 Å². The molecule has 2 aromatic rings. The van der Waals surface area contributed by atoms with E-state index >= 15 is 0 Å². The third kappa shape index (κ3) is 7.27. The number of hydrogen-bond acceptors (Lipinski definition) is 15. The Balaban J connectivity index is 1.31. The number of benzene rings is 2. The maximum Gasteiger partial charge on any atom is 0.330 e. The van der Waals surface area contributed by atoms with E-state index in [9.17, 15) is 50.8 Å². The molecule has 10 atom stereocenters. The Hall–Kier alpha value is -3.51. The molecule has 0 unspecified atom stereocenters. The Bertz CT molecular complexity index is 1220. The lowest BCUT2D eigenvalue weighted by Gasteiger charge is -2.39. The molecule has 2 fully saturated rings. The van der Waals surface area contributed by atoms with Crippen LogP contribution in [0.15, 0.2) is 48.5 Å². The quantitative estimate of drug-likeness (QED) is 0.109. The first-order valence-electron chi connectivity index (χ1n) is 12.8. The summed E-state index contributed by atoms with van der Waals surface area (Å²) in [5.74, 6) is -1.27. The summed E-state index contributed by atoms with van der Waals surface area (Å²) in [7, 11) is 0. The molecule has 42 heavy (non-hydrogen) atoms. The summed E-state index contributed by atoms with van der Waals surface area (Å²) in [5, 5.41) is 89.5. The summed E-state index contributed by atoms with van der Waals surface area (Å²) in [4.78, 5) is 12.3. The monoisotopic (exact) mass is 596 g/mol. The number of ether oxygens (including phenoxy) is 5. The molecule has 2 aromatic carbocycles. The minimum absolute atomic E-state index is 0.0201. The molecule has 4 rings (SSSR count). The number of aromatic hydroxyl groups is 2. The molecule has 15 nitrogen and oxygen atoms in total. The number of carbonyl (C=O) groups excluding carboxylic acids is 1. The summed E-state index contributed by atoms with van der Waals surface area (Å²) in [5.41, 5.74) is 0.320. The van der Waals surface area contributed by atoms with Crippen molar-refractivity contribution in [3.05, 3.63) is 54.1 Å². The first-order chi connectivity index (χ1) is 20.0. The van der Waals surface area contributed by atoms with Crippen LogP contribution in [-0.2, 0) is 19.0 Å². The van der Waals surface area contributed by atoms with E-state index in [4.69, 9.17) is 23.7 Å². The Labute approximate surface area is 238 Å². The average molecular weight is 597 g/mol. The second kappa shape index (κ2) is 13.6. The van der Waals surface area contributed by atoms with Gasteiger partial charge in [0.05, 0.1) is 6.61 Å². The van der Waals surface area contributed by atoms with Crippen molar-refractivity contribution < 1.29 is 74.4 Å². The predicted octanol–water partition coefficient (Wildman–Crippen LogP) is -2.28. The zero-order valence-corrected chi connectivity index (χ0v) is 21.9. The lowest BCUT2D eigenvalue weighted by Crippen LogP contribution is -2.60. The van der Waals surface area contributed by atoms with E-state index in [1.54, 1.807) is 0 Å². The van der Waals surface area contributed by atoms with Crippen LogP contribution < -0.4 is 9.47 Å². The van der Waals surface area contributed by atoms with Gasteiger partial charge in [-0.25, -0.2) is 4.79 Å². The number of carbonyl (C=O) groups is 1. The number of hydrogen-bond donors (Lipinski definition) is 9. The van der Waals surface area contributed by atoms with Crippen LogP contribution in [0.5, 0.6) is 23.0 Å². The zero-order valence-electron chi connectivity index (χ0n) is 21.9. The third-order valence-electron chi connectivity index (χ3n) is 6.63. The fourth-order valence-electron chi connectivity index (χ4n) is 4.21. The first kappa shape index (κ1) is 31.4. The lowest BCUT2D eigenvalue weighted by atomic mass is 9.99. The van der Waals surface area contributed by atoms with E-state index in [-0.39, 0.29) is 17.2 Å². The van der Waals surface area contributed by atoms with Gasteiger partial charge in [-0.3, -0.25) is 0 Å². The average Bonchev–Trinajstić information content (AvgIpc) is 2.98. The van der Waals surface area contributed by atoms with Crippen molar-refractivity contribution in [2.24, 2.45) is 0 Å². The smallest absolute Gasteiger partial charge is 0.330 e. The second-order valence-electron chi connectivity index (χ2n) is 9.63. The van der Waals surface area contributed by atoms with Crippen molar-refractivity contribution in [3.8, 4) is 23.0 Å². The Kier molecular flexibility index (Phi) is 10.2. The van der Waals surface area contributed by atoms with Crippen LogP contribution in [0.3, 0.4) is 0 Å². The Morgan fingerprint density at radius 3 is 1.98 bits per heavy atom. The third-order valence-corrected chi connectivity index (χ3v) is 6.63. The number of aliphatic hydroxyl groups excluding tert-OH is 7. The molecule has 0 bridgehead atoms. The summed E-state index contributed by atoms with van der Waals surface area (Å²) < 4.78 is 26.7. The largest absolute Gasteiger partial charge is 0.508 e. The highest BCUT2D eigenvalue weighted by Crippen LogP contribution is 2.32. The maximum atomic E-state index is 12.3. The molecule has 15 heteroatoms. The van der Waals surface area contributed by atoms with Gasteiger partial charge in [0.2, 0.25) is 12.6 Å². The van der Waals surface area contributed by atoms with Crippen molar-refractivity contribution in [1.82, 2.24) is 0 Å². The standard InChI is InChI=1S/C27H32O15/c28-10-17-20(32)22(34)25(37)27(41-17)40-16-7-1-12(9-15(16)30)2-8-19(31)38-11-18-21(33)23(35)24(36)26(42-18)39-14-5-3-13(29)4-6-14/h1-9,17-18,20-30,32-37H,10-11H2/b8-2+/t17-,18-,20-,21-,22+,23+,24-,25-,26-,27-/m1/s1. The van der Waals surface area contributed by atoms with E-state index in [2.05, 4.69) is 0 Å². The minimum Gasteiger partial charge on any atom is -0.508 e. The van der Waals surface area contributed by atoms with Crippen LogP contribution in [0.4, 0.5) is 0 Å². The molecule has 9 N–H and O–H groups in total. The second-order valence-corrected chi connectivity index (χ2v) is 9.63. The van der Waals surface area contributed by atoms with Gasteiger partial charge in [-0.2, -0.15) is 0 Å². The van der Waals surface area contributed by atoms with Crippen molar-refractivity contribution >= 4 is 12.0 Å². The van der Waals surface area contributed by atoms with Gasteiger partial charge < -0.3 is 69.6 Å². The molecule has 0 spiro atoms. The summed E-state index contributed by atoms with van der Waals surface area (Å²) in [6.07, 6.45) is -12.9. The van der Waals surface area contributed by atoms with Gasteiger partial charge in [0.1, 0.15) is 66.9 Å². The van der Waals surface area contributed by atoms with Crippen molar-refractivity contribution in [2.45, 2.75) is 61.4 Å².